The van der Waals surface area contributed by atoms with Gasteiger partial charge in [0, 0.05) is 43.5 Å². The molecule has 7 nitrogen and oxygen atoms in total. The number of amides is 2. The Kier molecular flexibility index (Phi) is 6.40. The summed E-state index contributed by atoms with van der Waals surface area (Å²) in [6, 6.07) is 10.0. The van der Waals surface area contributed by atoms with E-state index in [-0.39, 0.29) is 41.5 Å². The lowest BCUT2D eigenvalue weighted by molar-refractivity contribution is 0.0620. The second kappa shape index (κ2) is 9.91. The number of halogens is 3. The molecular formula is C29H26F3N3O4. The molecule has 10 heteroatoms. The van der Waals surface area contributed by atoms with Crippen molar-refractivity contribution in [3.8, 4) is 5.75 Å². The summed E-state index contributed by atoms with van der Waals surface area (Å²) in [6.45, 7) is 0.499. The summed E-state index contributed by atoms with van der Waals surface area (Å²) in [6.07, 6.45) is 4.32. The zero-order valence-electron chi connectivity index (χ0n) is 21.0. The van der Waals surface area contributed by atoms with Crippen LogP contribution in [-0.2, 0) is 13.2 Å². The highest BCUT2D eigenvalue weighted by Crippen LogP contribution is 2.45. The molecule has 3 aromatic rings. The smallest absolute Gasteiger partial charge is 0.274 e. The van der Waals surface area contributed by atoms with Crippen molar-refractivity contribution in [1.82, 2.24) is 14.8 Å². The molecular weight excluding hydrogens is 511 g/mol. The lowest BCUT2D eigenvalue weighted by Gasteiger charge is -2.38. The highest BCUT2D eigenvalue weighted by Gasteiger charge is 2.45. The van der Waals surface area contributed by atoms with Crippen LogP contribution in [0, 0.1) is 29.3 Å². The standard InChI is InChI=1S/C29H26F3N3O4/c30-19-9-22(31)20(23(32)10-19)11-33-28(37)21-13-35-24-14-34(12-17-6-7-18(24)8-17)29(38)25(35)27(26(21)36)39-15-16-4-2-1-3-5-16/h1-5,9-10,13,17-18,24H,6-8,11-12,14-15H2,(H,33,37)/t17-,18-,24-/m1/s1. The molecule has 1 aliphatic carbocycles. The third kappa shape index (κ3) is 4.57. The number of aromatic nitrogens is 1. The molecule has 6 rings (SSSR count). The Balaban J connectivity index is 1.40. The van der Waals surface area contributed by atoms with Gasteiger partial charge in [0.1, 0.15) is 29.6 Å². The van der Waals surface area contributed by atoms with Crippen LogP contribution >= 0.6 is 0 Å². The average Bonchev–Trinajstić information content (AvgIpc) is 3.29. The second-order valence-electron chi connectivity index (χ2n) is 10.5. The maximum Gasteiger partial charge on any atom is 0.274 e. The van der Waals surface area contributed by atoms with Gasteiger partial charge in [0.15, 0.2) is 11.4 Å². The molecule has 1 N–H and O–H groups in total. The number of fused-ring (bicyclic) bond motifs is 7. The first-order valence-electron chi connectivity index (χ1n) is 13.0. The average molecular weight is 538 g/mol. The monoisotopic (exact) mass is 537 g/mol. The molecule has 202 valence electrons. The lowest BCUT2D eigenvalue weighted by atomic mass is 9.95. The van der Waals surface area contributed by atoms with Gasteiger partial charge < -0.3 is 19.5 Å². The minimum absolute atomic E-state index is 0.00412. The Morgan fingerprint density at radius 2 is 1.77 bits per heavy atom. The van der Waals surface area contributed by atoms with Crippen LogP contribution in [0.2, 0.25) is 0 Å². The Bertz CT molecular complexity index is 1500. The van der Waals surface area contributed by atoms with Crippen molar-refractivity contribution >= 4 is 11.8 Å². The Morgan fingerprint density at radius 1 is 1.03 bits per heavy atom. The van der Waals surface area contributed by atoms with E-state index in [0.29, 0.717) is 31.1 Å². The van der Waals surface area contributed by atoms with Gasteiger partial charge in [-0.1, -0.05) is 30.3 Å². The molecule has 3 heterocycles. The topological polar surface area (TPSA) is 80.6 Å². The third-order valence-corrected chi connectivity index (χ3v) is 8.05. The van der Waals surface area contributed by atoms with Gasteiger partial charge in [-0.2, -0.15) is 0 Å². The van der Waals surface area contributed by atoms with Crippen LogP contribution < -0.4 is 15.5 Å². The van der Waals surface area contributed by atoms with E-state index in [1.165, 1.54) is 6.20 Å². The van der Waals surface area contributed by atoms with E-state index >= 15 is 0 Å². The van der Waals surface area contributed by atoms with E-state index in [4.69, 9.17) is 4.74 Å². The molecule has 0 unspecified atom stereocenters. The van der Waals surface area contributed by atoms with E-state index in [1.807, 2.05) is 30.3 Å². The molecule has 2 aromatic carbocycles. The first kappa shape index (κ1) is 25.2. The molecule has 2 aliphatic heterocycles. The molecule has 3 aliphatic rings. The maximum absolute atomic E-state index is 14.1. The molecule has 2 fully saturated rings. The van der Waals surface area contributed by atoms with Crippen LogP contribution in [0.1, 0.15) is 57.3 Å². The Hall–Kier alpha value is -4.08. The van der Waals surface area contributed by atoms with Gasteiger partial charge in [-0.3, -0.25) is 14.4 Å². The maximum atomic E-state index is 14.1. The molecule has 1 saturated heterocycles. The number of benzene rings is 2. The van der Waals surface area contributed by atoms with Gasteiger partial charge in [-0.15, -0.1) is 0 Å². The Labute approximate surface area is 222 Å². The molecule has 0 radical (unpaired) electrons. The van der Waals surface area contributed by atoms with Gasteiger partial charge in [-0.25, -0.2) is 13.2 Å². The summed E-state index contributed by atoms with van der Waals surface area (Å²) in [5.41, 5.74) is -0.729. The fourth-order valence-corrected chi connectivity index (χ4v) is 6.13. The van der Waals surface area contributed by atoms with Gasteiger partial charge in [0.05, 0.1) is 6.04 Å². The number of hydrogen-bond donors (Lipinski definition) is 1. The first-order valence-corrected chi connectivity index (χ1v) is 13.0. The predicted octanol–water partition coefficient (Wildman–Crippen LogP) is 4.20. The number of carbonyl (C=O) groups is 2. The number of ether oxygens (including phenoxy) is 1. The largest absolute Gasteiger partial charge is 0.483 e. The highest BCUT2D eigenvalue weighted by molar-refractivity contribution is 5.99. The van der Waals surface area contributed by atoms with Crippen molar-refractivity contribution in [2.24, 2.45) is 11.8 Å². The minimum Gasteiger partial charge on any atom is -0.483 e. The van der Waals surface area contributed by atoms with Crippen molar-refractivity contribution in [2.75, 3.05) is 13.1 Å². The van der Waals surface area contributed by atoms with Crippen molar-refractivity contribution < 1.29 is 27.5 Å². The third-order valence-electron chi connectivity index (χ3n) is 8.05. The molecule has 39 heavy (non-hydrogen) atoms. The number of nitrogens with one attached hydrogen (secondary N) is 1. The van der Waals surface area contributed by atoms with Crippen LogP contribution in [0.15, 0.2) is 53.5 Å². The zero-order chi connectivity index (χ0) is 27.3. The van der Waals surface area contributed by atoms with E-state index in [0.717, 1.165) is 24.8 Å². The number of rotatable bonds is 6. The van der Waals surface area contributed by atoms with E-state index in [2.05, 4.69) is 5.32 Å². The zero-order valence-corrected chi connectivity index (χ0v) is 21.0. The Morgan fingerprint density at radius 3 is 2.51 bits per heavy atom. The number of nitrogens with zero attached hydrogens (tertiary/aromatic N) is 2. The van der Waals surface area contributed by atoms with Crippen molar-refractivity contribution in [3.05, 3.63) is 98.7 Å². The van der Waals surface area contributed by atoms with Crippen molar-refractivity contribution in [3.63, 3.8) is 0 Å². The molecule has 3 atom stereocenters. The highest BCUT2D eigenvalue weighted by atomic mass is 19.1. The fourth-order valence-electron chi connectivity index (χ4n) is 6.13. The molecule has 1 saturated carbocycles. The minimum atomic E-state index is -1.15. The van der Waals surface area contributed by atoms with Crippen LogP contribution in [0.3, 0.4) is 0 Å². The van der Waals surface area contributed by atoms with Crippen LogP contribution in [-0.4, -0.2) is 34.4 Å². The van der Waals surface area contributed by atoms with E-state index in [1.54, 1.807) is 9.47 Å². The van der Waals surface area contributed by atoms with Gasteiger partial charge >= 0.3 is 0 Å². The quantitative estimate of drug-likeness (QED) is 0.511. The number of hydrogen-bond acceptors (Lipinski definition) is 4. The van der Waals surface area contributed by atoms with Crippen LogP contribution in [0.5, 0.6) is 5.75 Å². The molecule has 0 spiro atoms. The summed E-state index contributed by atoms with van der Waals surface area (Å²) in [7, 11) is 0. The summed E-state index contributed by atoms with van der Waals surface area (Å²) in [5, 5.41) is 2.37. The lowest BCUT2D eigenvalue weighted by Crippen LogP contribution is -2.47. The SMILES string of the molecule is O=C(NCc1c(F)cc(F)cc1F)c1cn2c(c(OCc3ccccc3)c1=O)C(=O)N1C[C@@H]3CC[C@H](C3)[C@H]2C1. The first-order chi connectivity index (χ1) is 18.8. The number of carbonyl (C=O) groups excluding carboxylic acids is 2. The van der Waals surface area contributed by atoms with Crippen molar-refractivity contribution in [2.45, 2.75) is 38.5 Å². The second-order valence-corrected chi connectivity index (χ2v) is 10.5. The number of pyridine rings is 1. The summed E-state index contributed by atoms with van der Waals surface area (Å²) >= 11 is 0. The van der Waals surface area contributed by atoms with E-state index < -0.39 is 40.9 Å². The molecule has 2 amide bonds. The van der Waals surface area contributed by atoms with Gasteiger partial charge in [0.25, 0.3) is 11.8 Å². The summed E-state index contributed by atoms with van der Waals surface area (Å²) in [5.74, 6) is -4.13. The van der Waals surface area contributed by atoms with E-state index in [9.17, 15) is 27.6 Å². The van der Waals surface area contributed by atoms with Crippen molar-refractivity contribution in [1.29, 1.82) is 0 Å². The molecule has 1 aromatic heterocycles. The predicted molar refractivity (Wildman–Crippen MR) is 135 cm³/mol. The van der Waals surface area contributed by atoms with Crippen LogP contribution in [0.4, 0.5) is 13.2 Å². The normalized spacial score (nSPS) is 21.4. The molecule has 4 bridgehead atoms. The fraction of sp³-hybridized carbons (Fsp3) is 0.345. The van der Waals surface area contributed by atoms with Crippen LogP contribution in [0.25, 0.3) is 0 Å². The van der Waals surface area contributed by atoms with Gasteiger partial charge in [-0.05, 0) is 36.7 Å². The van der Waals surface area contributed by atoms with Gasteiger partial charge in [0.2, 0.25) is 5.43 Å². The summed E-state index contributed by atoms with van der Waals surface area (Å²) < 4.78 is 49.2. The summed E-state index contributed by atoms with van der Waals surface area (Å²) in [4.78, 5) is 42.2.